The molecule has 0 bridgehead atoms. The van der Waals surface area contributed by atoms with Crippen LogP contribution in [0.4, 0.5) is 13.2 Å². The van der Waals surface area contributed by atoms with Gasteiger partial charge in [0.2, 0.25) is 0 Å². The highest BCUT2D eigenvalue weighted by Crippen LogP contribution is 2.45. The number of amides is 1. The Morgan fingerprint density at radius 3 is 2.62 bits per heavy atom. The minimum absolute atomic E-state index is 0.272. The van der Waals surface area contributed by atoms with Crippen molar-refractivity contribution in [1.29, 1.82) is 0 Å². The second-order valence-electron chi connectivity index (χ2n) is 6.02. The number of rotatable bonds is 4. The van der Waals surface area contributed by atoms with E-state index in [1.54, 1.807) is 4.68 Å². The number of aliphatic hydroxyl groups is 1. The van der Waals surface area contributed by atoms with Crippen LogP contribution in [0.3, 0.4) is 0 Å². The summed E-state index contributed by atoms with van der Waals surface area (Å²) in [6, 6.07) is 8.84. The number of carbonyl (C=O) groups is 1. The molecule has 0 atom stereocenters. The Balaban J connectivity index is 1.56. The number of benzene rings is 1. The van der Waals surface area contributed by atoms with Crippen LogP contribution < -0.4 is 5.32 Å². The summed E-state index contributed by atoms with van der Waals surface area (Å²) in [5.41, 5.74) is -1.40. The number of alkyl halides is 3. The Hall–Kier alpha value is -2.35. The normalized spacial score (nSPS) is 23.6. The molecule has 1 aromatic carbocycles. The van der Waals surface area contributed by atoms with Crippen LogP contribution >= 0.6 is 0 Å². The van der Waals surface area contributed by atoms with Crippen LogP contribution in [0.2, 0.25) is 0 Å². The summed E-state index contributed by atoms with van der Waals surface area (Å²) in [4.78, 5) is 12.0. The predicted molar refractivity (Wildman–Crippen MR) is 79.3 cm³/mol. The maximum atomic E-state index is 12.6. The third-order valence-electron chi connectivity index (χ3n) is 4.11. The van der Waals surface area contributed by atoms with Crippen LogP contribution in [0.15, 0.2) is 42.7 Å². The second-order valence-corrected chi connectivity index (χ2v) is 6.02. The van der Waals surface area contributed by atoms with E-state index in [9.17, 15) is 23.1 Å². The lowest BCUT2D eigenvalue weighted by atomic mass is 9.75. The van der Waals surface area contributed by atoms with Crippen molar-refractivity contribution >= 4 is 5.91 Å². The molecule has 1 fully saturated rings. The predicted octanol–water partition coefficient (Wildman–Crippen LogP) is 2.12. The average molecular weight is 339 g/mol. The largest absolute Gasteiger partial charge is 0.417 e. The number of carbonyl (C=O) groups excluding carboxylic acids is 1. The van der Waals surface area contributed by atoms with Gasteiger partial charge in [-0.15, -0.1) is 0 Å². The standard InChI is InChI=1S/C16H16F3N3O2/c17-16(18,19)15(24)6-13(7-15)21-14(23)12-8-20-22(10-12)9-11-4-2-1-3-5-11/h1-5,8,10,13,24H,6-7,9H2,(H,21,23). The molecule has 0 spiro atoms. The fraction of sp³-hybridized carbons (Fsp3) is 0.375. The van der Waals surface area contributed by atoms with Gasteiger partial charge >= 0.3 is 6.18 Å². The monoisotopic (exact) mass is 339 g/mol. The summed E-state index contributed by atoms with van der Waals surface area (Å²) in [5, 5.41) is 15.9. The molecular weight excluding hydrogens is 323 g/mol. The molecule has 5 nitrogen and oxygen atoms in total. The number of nitrogens with zero attached hydrogens (tertiary/aromatic N) is 2. The van der Waals surface area contributed by atoms with Crippen LogP contribution in [0, 0.1) is 0 Å². The topological polar surface area (TPSA) is 67.2 Å². The van der Waals surface area contributed by atoms with Crippen molar-refractivity contribution in [1.82, 2.24) is 15.1 Å². The van der Waals surface area contributed by atoms with E-state index >= 15 is 0 Å². The Kier molecular flexibility index (Phi) is 4.08. The van der Waals surface area contributed by atoms with E-state index in [1.165, 1.54) is 12.4 Å². The van der Waals surface area contributed by atoms with Crippen molar-refractivity contribution in [3.63, 3.8) is 0 Å². The van der Waals surface area contributed by atoms with Crippen molar-refractivity contribution < 1.29 is 23.1 Å². The Morgan fingerprint density at radius 1 is 1.33 bits per heavy atom. The van der Waals surface area contributed by atoms with Gasteiger partial charge in [-0.3, -0.25) is 9.48 Å². The third-order valence-corrected chi connectivity index (χ3v) is 4.11. The van der Waals surface area contributed by atoms with Crippen LogP contribution in [-0.4, -0.2) is 38.6 Å². The molecule has 0 aliphatic heterocycles. The van der Waals surface area contributed by atoms with Crippen LogP contribution in [-0.2, 0) is 6.54 Å². The van der Waals surface area contributed by atoms with E-state index in [-0.39, 0.29) is 5.56 Å². The van der Waals surface area contributed by atoms with Gasteiger partial charge in [0.1, 0.15) is 0 Å². The molecule has 1 aliphatic rings. The van der Waals surface area contributed by atoms with Crippen LogP contribution in [0.25, 0.3) is 0 Å². The molecule has 1 aliphatic carbocycles. The number of hydrogen-bond donors (Lipinski definition) is 2. The first-order valence-electron chi connectivity index (χ1n) is 7.43. The van der Waals surface area contributed by atoms with Crippen molar-refractivity contribution in [2.45, 2.75) is 37.2 Å². The van der Waals surface area contributed by atoms with E-state index in [2.05, 4.69) is 10.4 Å². The number of halogens is 3. The zero-order chi connectivity index (χ0) is 17.4. The molecule has 8 heteroatoms. The summed E-state index contributed by atoms with van der Waals surface area (Å²) < 4.78 is 39.2. The maximum absolute atomic E-state index is 12.6. The number of hydrogen-bond acceptors (Lipinski definition) is 3. The number of nitrogens with one attached hydrogen (secondary N) is 1. The molecule has 2 aromatic rings. The van der Waals surface area contributed by atoms with Crippen molar-refractivity contribution in [3.8, 4) is 0 Å². The zero-order valence-electron chi connectivity index (χ0n) is 12.6. The Morgan fingerprint density at radius 2 is 2.00 bits per heavy atom. The summed E-state index contributed by atoms with van der Waals surface area (Å²) in [5.74, 6) is -0.497. The Bertz CT molecular complexity index is 722. The molecule has 3 rings (SSSR count). The van der Waals surface area contributed by atoms with Gasteiger partial charge in [0.05, 0.1) is 18.3 Å². The van der Waals surface area contributed by atoms with E-state index < -0.39 is 36.6 Å². The fourth-order valence-corrected chi connectivity index (χ4v) is 2.70. The fourth-order valence-electron chi connectivity index (χ4n) is 2.70. The molecule has 24 heavy (non-hydrogen) atoms. The minimum Gasteiger partial charge on any atom is -0.380 e. The lowest BCUT2D eigenvalue weighted by Gasteiger charge is -2.44. The van der Waals surface area contributed by atoms with E-state index in [0.29, 0.717) is 6.54 Å². The van der Waals surface area contributed by atoms with Gasteiger partial charge in [0, 0.05) is 25.1 Å². The smallest absolute Gasteiger partial charge is 0.380 e. The lowest BCUT2D eigenvalue weighted by molar-refractivity contribution is -0.291. The summed E-state index contributed by atoms with van der Waals surface area (Å²) in [6.45, 7) is 0.491. The lowest BCUT2D eigenvalue weighted by Crippen LogP contribution is -2.62. The van der Waals surface area contributed by atoms with E-state index in [0.717, 1.165) is 5.56 Å². The first-order valence-corrected chi connectivity index (χ1v) is 7.43. The van der Waals surface area contributed by atoms with Gasteiger partial charge in [-0.25, -0.2) is 0 Å². The number of aromatic nitrogens is 2. The van der Waals surface area contributed by atoms with Crippen molar-refractivity contribution in [3.05, 3.63) is 53.9 Å². The molecule has 2 N–H and O–H groups in total. The van der Waals surface area contributed by atoms with Crippen molar-refractivity contribution in [2.75, 3.05) is 0 Å². The maximum Gasteiger partial charge on any atom is 0.417 e. The highest BCUT2D eigenvalue weighted by molar-refractivity contribution is 5.94. The summed E-state index contributed by atoms with van der Waals surface area (Å²) in [6.07, 6.45) is -2.82. The summed E-state index contributed by atoms with van der Waals surface area (Å²) in [7, 11) is 0. The molecule has 0 radical (unpaired) electrons. The minimum atomic E-state index is -4.67. The van der Waals surface area contributed by atoms with Gasteiger partial charge in [0.15, 0.2) is 5.60 Å². The molecule has 1 heterocycles. The van der Waals surface area contributed by atoms with Crippen molar-refractivity contribution in [2.24, 2.45) is 0 Å². The van der Waals surface area contributed by atoms with Gasteiger partial charge in [0.25, 0.3) is 5.91 Å². The highest BCUT2D eigenvalue weighted by Gasteiger charge is 2.61. The van der Waals surface area contributed by atoms with E-state index in [4.69, 9.17) is 0 Å². The van der Waals surface area contributed by atoms with Crippen LogP contribution in [0.1, 0.15) is 28.8 Å². The highest BCUT2D eigenvalue weighted by atomic mass is 19.4. The molecule has 0 saturated heterocycles. The SMILES string of the molecule is O=C(NC1CC(O)(C(F)(F)F)C1)c1cnn(Cc2ccccc2)c1. The first-order chi connectivity index (χ1) is 11.3. The van der Waals surface area contributed by atoms with Gasteiger partial charge in [-0.2, -0.15) is 18.3 Å². The quantitative estimate of drug-likeness (QED) is 0.897. The van der Waals surface area contributed by atoms with E-state index in [1.807, 2.05) is 30.3 Å². The third kappa shape index (κ3) is 3.28. The second kappa shape index (κ2) is 5.94. The van der Waals surface area contributed by atoms with Crippen LogP contribution in [0.5, 0.6) is 0 Å². The van der Waals surface area contributed by atoms with Gasteiger partial charge in [-0.1, -0.05) is 30.3 Å². The zero-order valence-corrected chi connectivity index (χ0v) is 12.6. The molecule has 0 unspecified atom stereocenters. The first kappa shape index (κ1) is 16.5. The van der Waals surface area contributed by atoms with Gasteiger partial charge in [-0.05, 0) is 5.56 Å². The average Bonchev–Trinajstić information content (AvgIpc) is 2.94. The molecular formula is C16H16F3N3O2. The summed E-state index contributed by atoms with van der Waals surface area (Å²) >= 11 is 0. The molecule has 128 valence electrons. The van der Waals surface area contributed by atoms with Gasteiger partial charge < -0.3 is 10.4 Å². The Labute approximate surface area is 136 Å². The molecule has 1 amide bonds. The molecule has 1 saturated carbocycles. The molecule has 1 aromatic heterocycles.